The number of nitrogens with one attached hydrogen (secondary N) is 1. The van der Waals surface area contributed by atoms with E-state index in [1.807, 2.05) is 20.8 Å². The van der Waals surface area contributed by atoms with E-state index in [1.165, 1.54) is 25.7 Å². The van der Waals surface area contributed by atoms with E-state index >= 15 is 0 Å². The van der Waals surface area contributed by atoms with Gasteiger partial charge in [-0.05, 0) is 18.3 Å². The Morgan fingerprint density at radius 2 is 1.65 bits per heavy atom. The summed E-state index contributed by atoms with van der Waals surface area (Å²) in [5.74, 6) is 0.0133. The van der Waals surface area contributed by atoms with Crippen molar-refractivity contribution in [1.29, 1.82) is 0 Å². The second-order valence-electron chi connectivity index (χ2n) is 6.04. The topological polar surface area (TPSA) is 55.1 Å². The van der Waals surface area contributed by atoms with Crippen molar-refractivity contribution in [2.45, 2.75) is 71.4 Å². The lowest BCUT2D eigenvalue weighted by Gasteiger charge is -2.28. The Labute approximate surface area is 111 Å². The van der Waals surface area contributed by atoms with Crippen LogP contribution in [0.4, 0.5) is 0 Å². The third-order valence-corrected chi connectivity index (χ3v) is 3.42. The molecule has 0 saturated heterocycles. The van der Waals surface area contributed by atoms with Crippen LogP contribution in [-0.4, -0.2) is 18.0 Å². The molecule has 0 aliphatic heterocycles. The summed E-state index contributed by atoms with van der Waals surface area (Å²) in [7, 11) is 0. The zero-order chi connectivity index (χ0) is 12.2. The first-order valence-corrected chi connectivity index (χ1v) is 6.47. The van der Waals surface area contributed by atoms with Crippen LogP contribution in [-0.2, 0) is 4.79 Å². The molecule has 0 aromatic rings. The molecule has 0 aromatic heterocycles. The number of hydrogen-bond acceptors (Lipinski definition) is 2. The summed E-state index contributed by atoms with van der Waals surface area (Å²) in [4.78, 5) is 11.9. The minimum Gasteiger partial charge on any atom is -0.352 e. The van der Waals surface area contributed by atoms with Crippen LogP contribution < -0.4 is 11.1 Å². The fourth-order valence-electron chi connectivity index (χ4n) is 2.11. The Hall–Kier alpha value is -0.280. The fourth-order valence-corrected chi connectivity index (χ4v) is 2.11. The fraction of sp³-hybridized carbons (Fsp3) is 0.923. The highest BCUT2D eigenvalue weighted by Gasteiger charge is 2.28. The third-order valence-electron chi connectivity index (χ3n) is 3.42. The van der Waals surface area contributed by atoms with Gasteiger partial charge >= 0.3 is 0 Å². The van der Waals surface area contributed by atoms with Crippen LogP contribution >= 0.6 is 12.4 Å². The van der Waals surface area contributed by atoms with Gasteiger partial charge in [0.05, 0.1) is 6.04 Å². The Bertz CT molecular complexity index is 230. The van der Waals surface area contributed by atoms with Crippen molar-refractivity contribution >= 4 is 18.3 Å². The minimum atomic E-state index is -0.407. The van der Waals surface area contributed by atoms with Crippen molar-refractivity contribution in [3.8, 4) is 0 Å². The number of hydrogen-bond donors (Lipinski definition) is 2. The molecule has 1 aliphatic rings. The monoisotopic (exact) mass is 262 g/mol. The lowest BCUT2D eigenvalue weighted by molar-refractivity contribution is -0.125. The maximum atomic E-state index is 11.9. The molecule has 0 radical (unpaired) electrons. The van der Waals surface area contributed by atoms with E-state index in [-0.39, 0.29) is 23.7 Å². The predicted molar refractivity (Wildman–Crippen MR) is 74.3 cm³/mol. The molecule has 0 unspecified atom stereocenters. The SMILES string of the molecule is CC(C)(C)[C@H](N)C(=O)NC1CCCCCC1.Cl. The summed E-state index contributed by atoms with van der Waals surface area (Å²) in [6.07, 6.45) is 7.30. The standard InChI is InChI=1S/C13H26N2O.ClH/c1-13(2,3)11(14)12(16)15-10-8-6-4-5-7-9-10;/h10-11H,4-9,14H2,1-3H3,(H,15,16);1H/t11-;/m1./s1. The molecular formula is C13H27ClN2O. The molecule has 3 N–H and O–H groups in total. The van der Waals surface area contributed by atoms with Gasteiger partial charge in [-0.25, -0.2) is 0 Å². The average molecular weight is 263 g/mol. The Kier molecular flexibility index (Phi) is 7.10. The van der Waals surface area contributed by atoms with E-state index in [0.29, 0.717) is 6.04 Å². The van der Waals surface area contributed by atoms with E-state index in [9.17, 15) is 4.79 Å². The van der Waals surface area contributed by atoms with Crippen LogP contribution in [0.3, 0.4) is 0 Å². The molecule has 17 heavy (non-hydrogen) atoms. The molecule has 1 amide bonds. The molecule has 102 valence electrons. The lowest BCUT2D eigenvalue weighted by Crippen LogP contribution is -2.51. The van der Waals surface area contributed by atoms with E-state index < -0.39 is 6.04 Å². The van der Waals surface area contributed by atoms with Crippen LogP contribution in [0.25, 0.3) is 0 Å². The van der Waals surface area contributed by atoms with Crippen molar-refractivity contribution < 1.29 is 4.79 Å². The maximum absolute atomic E-state index is 11.9. The van der Waals surface area contributed by atoms with Crippen LogP contribution in [0.2, 0.25) is 0 Å². The van der Waals surface area contributed by atoms with Gasteiger partial charge in [0, 0.05) is 6.04 Å². The maximum Gasteiger partial charge on any atom is 0.237 e. The van der Waals surface area contributed by atoms with Gasteiger partial charge in [-0.2, -0.15) is 0 Å². The molecule has 0 aromatic carbocycles. The van der Waals surface area contributed by atoms with Crippen LogP contribution in [0.5, 0.6) is 0 Å². The van der Waals surface area contributed by atoms with E-state index in [4.69, 9.17) is 5.73 Å². The van der Waals surface area contributed by atoms with Crippen LogP contribution in [0, 0.1) is 5.41 Å². The highest BCUT2D eigenvalue weighted by atomic mass is 35.5. The highest BCUT2D eigenvalue weighted by Crippen LogP contribution is 2.20. The van der Waals surface area contributed by atoms with E-state index in [1.54, 1.807) is 0 Å². The molecule has 1 saturated carbocycles. The molecule has 1 fully saturated rings. The quantitative estimate of drug-likeness (QED) is 0.752. The van der Waals surface area contributed by atoms with Crippen LogP contribution in [0.1, 0.15) is 59.3 Å². The molecule has 1 atom stereocenters. The zero-order valence-electron chi connectivity index (χ0n) is 11.3. The second kappa shape index (κ2) is 7.22. The Balaban J connectivity index is 0.00000256. The number of nitrogens with two attached hydrogens (primary N) is 1. The van der Waals surface area contributed by atoms with Crippen molar-refractivity contribution in [2.24, 2.45) is 11.1 Å². The third kappa shape index (κ3) is 5.73. The molecule has 3 nitrogen and oxygen atoms in total. The van der Waals surface area contributed by atoms with Gasteiger partial charge < -0.3 is 11.1 Å². The Morgan fingerprint density at radius 1 is 1.18 bits per heavy atom. The summed E-state index contributed by atoms with van der Waals surface area (Å²) >= 11 is 0. The second-order valence-corrected chi connectivity index (χ2v) is 6.04. The van der Waals surface area contributed by atoms with E-state index in [0.717, 1.165) is 12.8 Å². The number of halogens is 1. The molecule has 0 heterocycles. The van der Waals surface area contributed by atoms with Crippen molar-refractivity contribution in [3.63, 3.8) is 0 Å². The molecule has 0 bridgehead atoms. The zero-order valence-corrected chi connectivity index (χ0v) is 12.1. The van der Waals surface area contributed by atoms with Crippen LogP contribution in [0.15, 0.2) is 0 Å². The highest BCUT2D eigenvalue weighted by molar-refractivity contribution is 5.85. The average Bonchev–Trinajstić information content (AvgIpc) is 2.43. The predicted octanol–water partition coefficient (Wildman–Crippen LogP) is 2.62. The summed E-state index contributed by atoms with van der Waals surface area (Å²) in [5, 5.41) is 3.10. The smallest absolute Gasteiger partial charge is 0.237 e. The minimum absolute atomic E-state index is 0. The number of rotatable bonds is 2. The van der Waals surface area contributed by atoms with Gasteiger partial charge in [0.2, 0.25) is 5.91 Å². The van der Waals surface area contributed by atoms with Gasteiger partial charge in [0.25, 0.3) is 0 Å². The molecular weight excluding hydrogens is 236 g/mol. The summed E-state index contributed by atoms with van der Waals surface area (Å²) in [6.45, 7) is 6.01. The van der Waals surface area contributed by atoms with Gasteiger partial charge in [-0.15, -0.1) is 12.4 Å². The lowest BCUT2D eigenvalue weighted by atomic mass is 9.86. The van der Waals surface area contributed by atoms with Crippen molar-refractivity contribution in [2.75, 3.05) is 0 Å². The summed E-state index contributed by atoms with van der Waals surface area (Å²) in [5.41, 5.74) is 5.78. The first-order chi connectivity index (χ1) is 7.41. The van der Waals surface area contributed by atoms with Gasteiger partial charge in [-0.1, -0.05) is 46.5 Å². The molecule has 4 heteroatoms. The van der Waals surface area contributed by atoms with Gasteiger partial charge in [-0.3, -0.25) is 4.79 Å². The number of carbonyl (C=O) groups is 1. The largest absolute Gasteiger partial charge is 0.352 e. The first-order valence-electron chi connectivity index (χ1n) is 6.47. The number of carbonyl (C=O) groups excluding carboxylic acids is 1. The van der Waals surface area contributed by atoms with E-state index in [2.05, 4.69) is 5.32 Å². The molecule has 0 spiro atoms. The van der Waals surface area contributed by atoms with Gasteiger partial charge in [0.1, 0.15) is 0 Å². The molecule has 1 aliphatic carbocycles. The van der Waals surface area contributed by atoms with Crippen molar-refractivity contribution in [1.82, 2.24) is 5.32 Å². The first kappa shape index (κ1) is 16.7. The molecule has 1 rings (SSSR count). The number of amides is 1. The Morgan fingerprint density at radius 3 is 2.06 bits per heavy atom. The normalized spacial score (nSPS) is 20.0. The summed E-state index contributed by atoms with van der Waals surface area (Å²) in [6, 6.07) is -0.0563. The van der Waals surface area contributed by atoms with Crippen molar-refractivity contribution in [3.05, 3.63) is 0 Å². The van der Waals surface area contributed by atoms with Gasteiger partial charge in [0.15, 0.2) is 0 Å². The summed E-state index contributed by atoms with van der Waals surface area (Å²) < 4.78 is 0.